The molecule has 9 heteroatoms. The maximum atomic E-state index is 10.9. The number of benzene rings is 1. The molecular weight excluding hydrogens is 531 g/mol. The Kier molecular flexibility index (Phi) is 10.7. The Labute approximate surface area is 213 Å². The quantitative estimate of drug-likeness (QED) is 0.143. The first kappa shape index (κ1) is 26.7. The topological polar surface area (TPSA) is 90.9 Å². The van der Waals surface area contributed by atoms with Crippen LogP contribution in [0.15, 0.2) is 70.5 Å². The number of halogens is 1. The molecule has 0 aliphatic rings. The minimum absolute atomic E-state index is 0. The van der Waals surface area contributed by atoms with Gasteiger partial charge in [0.2, 0.25) is 0 Å². The fourth-order valence-electron chi connectivity index (χ4n) is 3.29. The van der Waals surface area contributed by atoms with Crippen molar-refractivity contribution in [3.63, 3.8) is 0 Å². The van der Waals surface area contributed by atoms with Gasteiger partial charge < -0.3 is 25.1 Å². The Hall–Kier alpha value is -2.53. The molecule has 1 atom stereocenters. The van der Waals surface area contributed by atoms with E-state index in [9.17, 15) is 5.11 Å². The molecule has 0 saturated carbocycles. The van der Waals surface area contributed by atoms with E-state index in [1.165, 1.54) is 5.69 Å². The molecule has 0 radical (unpaired) electrons. The molecule has 3 N–H and O–H groups in total. The van der Waals surface area contributed by atoms with Crippen molar-refractivity contribution in [3.8, 4) is 0 Å². The summed E-state index contributed by atoms with van der Waals surface area (Å²) < 4.78 is 7.08. The highest BCUT2D eigenvalue weighted by Gasteiger charge is 2.24. The van der Waals surface area contributed by atoms with Crippen LogP contribution < -0.4 is 15.5 Å². The minimum atomic E-state index is -1.10. The van der Waals surface area contributed by atoms with Crippen molar-refractivity contribution in [2.24, 2.45) is 12.0 Å². The number of furan rings is 1. The van der Waals surface area contributed by atoms with Gasteiger partial charge in [0.25, 0.3) is 0 Å². The summed E-state index contributed by atoms with van der Waals surface area (Å²) in [6, 6.07) is 14.2. The molecule has 2 heterocycles. The highest BCUT2D eigenvalue weighted by atomic mass is 127. The third kappa shape index (κ3) is 8.73. The Morgan fingerprint density at radius 1 is 1.18 bits per heavy atom. The van der Waals surface area contributed by atoms with Crippen molar-refractivity contribution in [1.82, 2.24) is 20.4 Å². The number of para-hydroxylation sites is 1. The van der Waals surface area contributed by atoms with Crippen LogP contribution in [0.25, 0.3) is 0 Å². The van der Waals surface area contributed by atoms with Crippen LogP contribution in [0.1, 0.15) is 24.7 Å². The average Bonchev–Trinajstić information content (AvgIpc) is 3.47. The van der Waals surface area contributed by atoms with Crippen molar-refractivity contribution < 1.29 is 9.52 Å². The van der Waals surface area contributed by atoms with E-state index in [0.29, 0.717) is 12.5 Å². The molecule has 0 bridgehead atoms. The van der Waals surface area contributed by atoms with E-state index in [0.717, 1.165) is 37.3 Å². The lowest BCUT2D eigenvalue weighted by molar-refractivity contribution is 0.0672. The van der Waals surface area contributed by atoms with E-state index in [4.69, 9.17) is 4.42 Å². The molecule has 33 heavy (non-hydrogen) atoms. The number of anilines is 1. The highest BCUT2D eigenvalue weighted by Crippen LogP contribution is 2.19. The van der Waals surface area contributed by atoms with Crippen molar-refractivity contribution in [1.29, 1.82) is 0 Å². The molecule has 180 valence electrons. The first-order valence-electron chi connectivity index (χ1n) is 11.0. The van der Waals surface area contributed by atoms with Crippen LogP contribution in [0, 0.1) is 0 Å². The predicted octanol–water partition coefficient (Wildman–Crippen LogP) is 3.14. The maximum absolute atomic E-state index is 10.9. The maximum Gasteiger partial charge on any atom is 0.191 e. The van der Waals surface area contributed by atoms with Crippen LogP contribution in [0.2, 0.25) is 0 Å². The smallest absolute Gasteiger partial charge is 0.191 e. The number of hydrogen-bond donors (Lipinski definition) is 3. The zero-order valence-electron chi connectivity index (χ0n) is 19.6. The van der Waals surface area contributed by atoms with Gasteiger partial charge in [-0.25, -0.2) is 4.99 Å². The van der Waals surface area contributed by atoms with E-state index >= 15 is 0 Å². The van der Waals surface area contributed by atoms with E-state index in [1.54, 1.807) is 24.1 Å². The third-order valence-corrected chi connectivity index (χ3v) is 5.28. The lowest BCUT2D eigenvalue weighted by atomic mass is 10.0. The Balaban J connectivity index is 0.00000385. The second-order valence-electron chi connectivity index (χ2n) is 8.13. The van der Waals surface area contributed by atoms with Gasteiger partial charge in [-0.1, -0.05) is 18.2 Å². The summed E-state index contributed by atoms with van der Waals surface area (Å²) in [6.07, 6.45) is 6.86. The van der Waals surface area contributed by atoms with Crippen LogP contribution >= 0.6 is 24.0 Å². The number of nitrogens with one attached hydrogen (secondary N) is 2. The number of aliphatic imine (C=N–C) groups is 1. The Morgan fingerprint density at radius 2 is 1.94 bits per heavy atom. The highest BCUT2D eigenvalue weighted by molar-refractivity contribution is 14.0. The van der Waals surface area contributed by atoms with Crippen LogP contribution in [0.5, 0.6) is 0 Å². The van der Waals surface area contributed by atoms with Gasteiger partial charge >= 0.3 is 0 Å². The van der Waals surface area contributed by atoms with Gasteiger partial charge in [0.05, 0.1) is 19.0 Å². The zero-order valence-corrected chi connectivity index (χ0v) is 21.9. The summed E-state index contributed by atoms with van der Waals surface area (Å²) in [6.45, 7) is 4.34. The van der Waals surface area contributed by atoms with Gasteiger partial charge in [0.1, 0.15) is 11.4 Å². The molecule has 0 spiro atoms. The van der Waals surface area contributed by atoms with Gasteiger partial charge in [-0.05, 0) is 37.6 Å². The number of nitrogens with zero attached hydrogens (tertiary/aromatic N) is 4. The molecular formula is C24H35IN6O2. The number of aliphatic hydroxyl groups is 1. The molecule has 3 rings (SSSR count). The van der Waals surface area contributed by atoms with E-state index in [-0.39, 0.29) is 30.5 Å². The number of hydrogen-bond acceptors (Lipinski definition) is 5. The fraction of sp³-hybridized carbons (Fsp3) is 0.417. The largest absolute Gasteiger partial charge is 0.469 e. The molecule has 0 saturated heterocycles. The van der Waals surface area contributed by atoms with Crippen molar-refractivity contribution in [3.05, 3.63) is 72.4 Å². The normalized spacial score (nSPS) is 13.2. The first-order chi connectivity index (χ1) is 15.4. The molecule has 0 aliphatic heterocycles. The van der Waals surface area contributed by atoms with Crippen molar-refractivity contribution in [2.45, 2.75) is 25.4 Å². The van der Waals surface area contributed by atoms with Gasteiger partial charge in [0, 0.05) is 57.6 Å². The summed E-state index contributed by atoms with van der Waals surface area (Å²) >= 11 is 0. The van der Waals surface area contributed by atoms with E-state index in [1.807, 2.05) is 43.6 Å². The average molecular weight is 566 g/mol. The van der Waals surface area contributed by atoms with Crippen LogP contribution in [0.3, 0.4) is 0 Å². The summed E-state index contributed by atoms with van der Waals surface area (Å²) in [5.74, 6) is 1.59. The molecule has 1 unspecified atom stereocenters. The molecule has 8 nitrogen and oxygen atoms in total. The van der Waals surface area contributed by atoms with E-state index in [2.05, 4.69) is 44.8 Å². The Morgan fingerprint density at radius 3 is 2.61 bits per heavy atom. The summed E-state index contributed by atoms with van der Waals surface area (Å²) in [7, 11) is 3.93. The second kappa shape index (κ2) is 13.2. The fourth-order valence-corrected chi connectivity index (χ4v) is 3.29. The summed E-state index contributed by atoms with van der Waals surface area (Å²) in [5, 5.41) is 21.7. The lowest BCUT2D eigenvalue weighted by Crippen LogP contribution is -2.41. The SMILES string of the molecule is CN(CCCNC(=NCC(C)(O)c1cnn(C)c1)NCCc1ccco1)c1ccccc1.I. The molecule has 1 aromatic carbocycles. The van der Waals surface area contributed by atoms with Gasteiger partial charge in [0.15, 0.2) is 5.96 Å². The molecule has 2 aromatic heterocycles. The second-order valence-corrected chi connectivity index (χ2v) is 8.13. The van der Waals surface area contributed by atoms with Gasteiger partial charge in [-0.2, -0.15) is 5.10 Å². The van der Waals surface area contributed by atoms with Crippen LogP contribution in [-0.4, -0.2) is 54.1 Å². The molecule has 0 fully saturated rings. The van der Waals surface area contributed by atoms with Crippen molar-refractivity contribution in [2.75, 3.05) is 38.1 Å². The standard InChI is InChI=1S/C24H34N6O2.HI/c1-24(31,20-17-28-30(3)18-20)19-27-23(26-14-12-22-11-7-16-32-22)25-13-8-15-29(2)21-9-5-4-6-10-21;/h4-7,9-11,16-18,31H,8,12-15,19H2,1-3H3,(H2,25,26,27);1H. The van der Waals surface area contributed by atoms with Gasteiger partial charge in [-0.3, -0.25) is 4.68 Å². The van der Waals surface area contributed by atoms with Crippen molar-refractivity contribution >= 4 is 35.6 Å². The number of aromatic nitrogens is 2. The number of guanidine groups is 1. The number of rotatable bonds is 11. The van der Waals surface area contributed by atoms with Gasteiger partial charge in [-0.15, -0.1) is 24.0 Å². The van der Waals surface area contributed by atoms with E-state index < -0.39 is 5.60 Å². The summed E-state index contributed by atoms with van der Waals surface area (Å²) in [5.41, 5.74) is 0.839. The molecule has 3 aromatic rings. The number of aryl methyl sites for hydroxylation is 1. The zero-order chi connectivity index (χ0) is 22.8. The van der Waals surface area contributed by atoms with Crippen LogP contribution in [-0.2, 0) is 19.1 Å². The third-order valence-electron chi connectivity index (χ3n) is 5.28. The molecule has 0 aliphatic carbocycles. The van der Waals surface area contributed by atoms with Crippen LogP contribution in [0.4, 0.5) is 5.69 Å². The summed E-state index contributed by atoms with van der Waals surface area (Å²) in [4.78, 5) is 6.87. The Bertz CT molecular complexity index is 957. The lowest BCUT2D eigenvalue weighted by Gasteiger charge is -2.21. The predicted molar refractivity (Wildman–Crippen MR) is 143 cm³/mol. The monoisotopic (exact) mass is 566 g/mol. The molecule has 0 amide bonds. The minimum Gasteiger partial charge on any atom is -0.469 e. The first-order valence-corrected chi connectivity index (χ1v) is 11.0.